The second-order valence-corrected chi connectivity index (χ2v) is 5.21. The number of aryl methyl sites for hydroxylation is 2. The van der Waals surface area contributed by atoms with Gasteiger partial charge in [-0.25, -0.2) is 0 Å². The Hall–Kier alpha value is -1.84. The molecule has 0 saturated carbocycles. The fourth-order valence-electron chi connectivity index (χ4n) is 2.46. The summed E-state index contributed by atoms with van der Waals surface area (Å²) in [5.41, 5.74) is 4.47. The van der Waals surface area contributed by atoms with Gasteiger partial charge in [0, 0.05) is 32.5 Å². The van der Waals surface area contributed by atoms with Crippen LogP contribution in [-0.4, -0.2) is 20.1 Å². The summed E-state index contributed by atoms with van der Waals surface area (Å²) < 4.78 is 11.3. The van der Waals surface area contributed by atoms with Crippen LogP contribution in [-0.2, 0) is 9.47 Å². The summed E-state index contributed by atoms with van der Waals surface area (Å²) in [6, 6.07) is 16.5. The number of benzene rings is 2. The number of nitrogens with zero attached hydrogens (tertiary/aromatic N) is 1. The fraction of sp³-hybridized carbons (Fsp3) is 0.333. The molecule has 0 fully saturated rings. The molecule has 2 aromatic carbocycles. The highest BCUT2D eigenvalue weighted by Crippen LogP contribution is 2.37. The van der Waals surface area contributed by atoms with Gasteiger partial charge in [0.2, 0.25) is 0 Å². The van der Waals surface area contributed by atoms with Crippen molar-refractivity contribution in [2.45, 2.75) is 26.7 Å². The van der Waals surface area contributed by atoms with Crippen LogP contribution in [0.3, 0.4) is 0 Å². The number of ether oxygens (including phenoxy) is 2. The van der Waals surface area contributed by atoms with Crippen LogP contribution >= 0.6 is 0 Å². The normalized spacial score (nSPS) is 11.5. The summed E-state index contributed by atoms with van der Waals surface area (Å²) >= 11 is 0. The third kappa shape index (κ3) is 2.94. The van der Waals surface area contributed by atoms with Crippen LogP contribution in [0.25, 0.3) is 0 Å². The van der Waals surface area contributed by atoms with Crippen molar-refractivity contribution in [1.82, 2.24) is 0 Å². The number of rotatable bonds is 5. The van der Waals surface area contributed by atoms with Crippen LogP contribution < -0.4 is 4.90 Å². The average Bonchev–Trinajstić information content (AvgIpc) is 2.51. The summed E-state index contributed by atoms with van der Waals surface area (Å²) in [5, 5.41) is 0. The van der Waals surface area contributed by atoms with Crippen LogP contribution in [0.15, 0.2) is 48.5 Å². The Bertz CT molecular complexity index is 560. The standard InChI is InChI=1S/C18H23NO2/c1-14-10-6-8-12-16(14)19(18(3,20-4)21-5)17-13-9-7-11-15(17)2/h6-13H,1-5H3. The van der Waals surface area contributed by atoms with Gasteiger partial charge in [-0.1, -0.05) is 36.4 Å². The van der Waals surface area contributed by atoms with Gasteiger partial charge in [0.1, 0.15) is 0 Å². The van der Waals surface area contributed by atoms with Crippen molar-refractivity contribution in [2.75, 3.05) is 19.1 Å². The van der Waals surface area contributed by atoms with Crippen molar-refractivity contribution in [3.05, 3.63) is 59.7 Å². The minimum atomic E-state index is -0.877. The molecular weight excluding hydrogens is 262 g/mol. The van der Waals surface area contributed by atoms with E-state index in [9.17, 15) is 0 Å². The first-order valence-corrected chi connectivity index (χ1v) is 7.05. The first-order chi connectivity index (χ1) is 10.0. The molecule has 112 valence electrons. The maximum atomic E-state index is 5.67. The molecule has 3 heteroatoms. The summed E-state index contributed by atoms with van der Waals surface area (Å²) in [6.45, 7) is 6.10. The molecule has 0 amide bonds. The van der Waals surface area contributed by atoms with Gasteiger partial charge in [-0.05, 0) is 37.1 Å². The monoisotopic (exact) mass is 285 g/mol. The molecular formula is C18H23NO2. The van der Waals surface area contributed by atoms with Gasteiger partial charge >= 0.3 is 0 Å². The molecule has 21 heavy (non-hydrogen) atoms. The van der Waals surface area contributed by atoms with Gasteiger partial charge in [-0.3, -0.25) is 4.90 Å². The molecule has 2 rings (SSSR count). The van der Waals surface area contributed by atoms with Gasteiger partial charge in [-0.2, -0.15) is 0 Å². The van der Waals surface area contributed by atoms with E-state index in [4.69, 9.17) is 9.47 Å². The lowest BCUT2D eigenvalue weighted by molar-refractivity contribution is -0.186. The van der Waals surface area contributed by atoms with Crippen LogP contribution in [0.2, 0.25) is 0 Å². The molecule has 0 bridgehead atoms. The number of hydrogen-bond acceptors (Lipinski definition) is 3. The summed E-state index contributed by atoms with van der Waals surface area (Å²) in [5.74, 6) is -0.877. The Morgan fingerprint density at radius 3 is 1.48 bits per heavy atom. The molecule has 2 aromatic rings. The van der Waals surface area contributed by atoms with E-state index in [1.54, 1.807) is 14.2 Å². The zero-order chi connectivity index (χ0) is 15.5. The van der Waals surface area contributed by atoms with Gasteiger partial charge in [0.15, 0.2) is 0 Å². The first-order valence-electron chi connectivity index (χ1n) is 7.05. The first kappa shape index (κ1) is 15.5. The van der Waals surface area contributed by atoms with E-state index in [0.717, 1.165) is 11.4 Å². The lowest BCUT2D eigenvalue weighted by Crippen LogP contribution is -2.47. The second kappa shape index (κ2) is 6.29. The number of para-hydroxylation sites is 2. The maximum Gasteiger partial charge on any atom is 0.252 e. The Labute approximate surface area is 127 Å². The Morgan fingerprint density at radius 2 is 1.14 bits per heavy atom. The zero-order valence-corrected chi connectivity index (χ0v) is 13.4. The second-order valence-electron chi connectivity index (χ2n) is 5.21. The Morgan fingerprint density at radius 1 is 0.762 bits per heavy atom. The van der Waals surface area contributed by atoms with E-state index in [2.05, 4.69) is 43.0 Å². The summed E-state index contributed by atoms with van der Waals surface area (Å²) in [4.78, 5) is 2.09. The molecule has 0 aromatic heterocycles. The molecule has 0 N–H and O–H groups in total. The molecule has 0 atom stereocenters. The molecule has 3 nitrogen and oxygen atoms in total. The van der Waals surface area contributed by atoms with E-state index in [-0.39, 0.29) is 0 Å². The minimum absolute atomic E-state index is 0.877. The maximum absolute atomic E-state index is 5.67. The number of hydrogen-bond donors (Lipinski definition) is 0. The van der Waals surface area contributed by atoms with Crippen molar-refractivity contribution in [3.8, 4) is 0 Å². The van der Waals surface area contributed by atoms with E-state index >= 15 is 0 Å². The SMILES string of the molecule is COC(C)(OC)N(c1ccccc1C)c1ccccc1C. The topological polar surface area (TPSA) is 21.7 Å². The molecule has 0 aliphatic carbocycles. The highest BCUT2D eigenvalue weighted by Gasteiger charge is 2.34. The van der Waals surface area contributed by atoms with E-state index in [1.807, 2.05) is 31.2 Å². The molecule has 0 spiro atoms. The van der Waals surface area contributed by atoms with Crippen molar-refractivity contribution >= 4 is 11.4 Å². The van der Waals surface area contributed by atoms with Gasteiger partial charge in [-0.15, -0.1) is 0 Å². The van der Waals surface area contributed by atoms with Crippen LogP contribution in [0, 0.1) is 13.8 Å². The predicted molar refractivity (Wildman–Crippen MR) is 86.9 cm³/mol. The van der Waals surface area contributed by atoms with Crippen molar-refractivity contribution in [2.24, 2.45) is 0 Å². The largest absolute Gasteiger partial charge is 0.336 e. The molecule has 0 heterocycles. The smallest absolute Gasteiger partial charge is 0.252 e. The third-order valence-electron chi connectivity index (χ3n) is 3.88. The van der Waals surface area contributed by atoms with E-state index in [0.29, 0.717) is 0 Å². The van der Waals surface area contributed by atoms with Gasteiger partial charge in [0.05, 0.1) is 0 Å². The lowest BCUT2D eigenvalue weighted by atomic mass is 10.1. The lowest BCUT2D eigenvalue weighted by Gasteiger charge is -2.41. The van der Waals surface area contributed by atoms with Crippen molar-refractivity contribution in [1.29, 1.82) is 0 Å². The molecule has 0 unspecified atom stereocenters. The van der Waals surface area contributed by atoms with Crippen molar-refractivity contribution in [3.63, 3.8) is 0 Å². The highest BCUT2D eigenvalue weighted by molar-refractivity contribution is 5.69. The minimum Gasteiger partial charge on any atom is -0.336 e. The van der Waals surface area contributed by atoms with E-state index in [1.165, 1.54) is 11.1 Å². The summed E-state index contributed by atoms with van der Waals surface area (Å²) in [6.07, 6.45) is 0. The number of methoxy groups -OCH3 is 2. The molecule has 0 saturated heterocycles. The third-order valence-corrected chi connectivity index (χ3v) is 3.88. The van der Waals surface area contributed by atoms with Gasteiger partial charge in [0.25, 0.3) is 5.91 Å². The molecule has 0 aliphatic heterocycles. The highest BCUT2D eigenvalue weighted by atomic mass is 16.7. The molecule has 0 aliphatic rings. The quantitative estimate of drug-likeness (QED) is 0.760. The number of anilines is 2. The Kier molecular flexibility index (Phi) is 4.66. The Balaban J connectivity index is 2.67. The zero-order valence-electron chi connectivity index (χ0n) is 13.4. The van der Waals surface area contributed by atoms with Crippen LogP contribution in [0.1, 0.15) is 18.1 Å². The fourth-order valence-corrected chi connectivity index (χ4v) is 2.46. The predicted octanol–water partition coefficient (Wildman–Crippen LogP) is 4.41. The van der Waals surface area contributed by atoms with Crippen LogP contribution in [0.5, 0.6) is 0 Å². The van der Waals surface area contributed by atoms with Crippen molar-refractivity contribution < 1.29 is 9.47 Å². The van der Waals surface area contributed by atoms with Gasteiger partial charge < -0.3 is 9.47 Å². The average molecular weight is 285 g/mol. The molecule has 0 radical (unpaired) electrons. The summed E-state index contributed by atoms with van der Waals surface area (Å²) in [7, 11) is 3.32. The van der Waals surface area contributed by atoms with E-state index < -0.39 is 5.91 Å². The van der Waals surface area contributed by atoms with Crippen LogP contribution in [0.4, 0.5) is 11.4 Å².